The summed E-state index contributed by atoms with van der Waals surface area (Å²) in [6.45, 7) is 2.16. The second-order valence-corrected chi connectivity index (χ2v) is 4.80. The summed E-state index contributed by atoms with van der Waals surface area (Å²) in [6, 6.07) is 3.98. The minimum atomic E-state index is -3.68. The zero-order chi connectivity index (χ0) is 14.2. The van der Waals surface area contributed by atoms with Gasteiger partial charge in [-0.1, -0.05) is 12.1 Å². The molecule has 0 bridgehead atoms. The molecule has 126 valence electrons. The molecule has 9 heteroatoms. The fourth-order valence-electron chi connectivity index (χ4n) is 2.62. The number of fused-ring (bicyclic) bond motifs is 1. The topological polar surface area (TPSA) is 33.7 Å². The van der Waals surface area contributed by atoms with Gasteiger partial charge in [-0.3, -0.25) is 4.90 Å². The normalized spacial score (nSPS) is 20.7. The Kier molecular flexibility index (Phi) is 6.61. The molecule has 1 N–H and O–H groups in total. The molecule has 0 aliphatic carbocycles. The second kappa shape index (κ2) is 7.59. The SMILES string of the molecule is Cl.Cl.FC[C@@H](c1cccc2c1OC(F)(F)O2)N1CCNCC1. The lowest BCUT2D eigenvalue weighted by Crippen LogP contribution is -2.45. The van der Waals surface area contributed by atoms with Gasteiger partial charge in [0.1, 0.15) is 6.67 Å². The van der Waals surface area contributed by atoms with E-state index >= 15 is 0 Å². The van der Waals surface area contributed by atoms with Crippen LogP contribution in [-0.2, 0) is 0 Å². The monoisotopic (exact) mass is 360 g/mol. The van der Waals surface area contributed by atoms with Crippen LogP contribution in [0, 0.1) is 0 Å². The van der Waals surface area contributed by atoms with Crippen LogP contribution in [0.2, 0.25) is 0 Å². The minimum Gasteiger partial charge on any atom is -0.395 e. The van der Waals surface area contributed by atoms with E-state index in [0.29, 0.717) is 18.7 Å². The van der Waals surface area contributed by atoms with Crippen LogP contribution in [0.3, 0.4) is 0 Å². The quantitative estimate of drug-likeness (QED) is 0.898. The smallest absolute Gasteiger partial charge is 0.395 e. The number of nitrogens with one attached hydrogen (secondary N) is 1. The third-order valence-electron chi connectivity index (χ3n) is 3.56. The van der Waals surface area contributed by atoms with Crippen LogP contribution in [0.15, 0.2) is 18.2 Å². The van der Waals surface area contributed by atoms with Crippen LogP contribution in [0.5, 0.6) is 11.5 Å². The first-order chi connectivity index (χ1) is 9.61. The summed E-state index contributed by atoms with van der Waals surface area (Å²) in [7, 11) is 0. The molecule has 1 aromatic rings. The first-order valence-corrected chi connectivity index (χ1v) is 6.50. The summed E-state index contributed by atoms with van der Waals surface area (Å²) in [5, 5.41) is 3.17. The summed E-state index contributed by atoms with van der Waals surface area (Å²) in [4.78, 5) is 1.92. The molecule has 1 saturated heterocycles. The Morgan fingerprint density at radius 2 is 1.86 bits per heavy atom. The molecule has 0 unspecified atom stereocenters. The lowest BCUT2D eigenvalue weighted by Gasteiger charge is -2.33. The van der Waals surface area contributed by atoms with Crippen molar-refractivity contribution in [1.82, 2.24) is 10.2 Å². The van der Waals surface area contributed by atoms with Gasteiger partial charge >= 0.3 is 6.29 Å². The van der Waals surface area contributed by atoms with Gasteiger partial charge in [0.15, 0.2) is 11.5 Å². The Morgan fingerprint density at radius 3 is 2.50 bits per heavy atom. The van der Waals surface area contributed by atoms with Crippen molar-refractivity contribution in [3.8, 4) is 11.5 Å². The number of piperazine rings is 1. The summed E-state index contributed by atoms with van der Waals surface area (Å²) < 4.78 is 48.7. The van der Waals surface area contributed by atoms with E-state index in [0.717, 1.165) is 13.1 Å². The van der Waals surface area contributed by atoms with E-state index in [1.165, 1.54) is 6.07 Å². The van der Waals surface area contributed by atoms with Gasteiger partial charge in [0.2, 0.25) is 0 Å². The molecule has 2 heterocycles. The molecule has 2 aliphatic heterocycles. The van der Waals surface area contributed by atoms with Gasteiger partial charge < -0.3 is 14.8 Å². The molecule has 0 spiro atoms. The van der Waals surface area contributed by atoms with Crippen LogP contribution in [0.1, 0.15) is 11.6 Å². The van der Waals surface area contributed by atoms with E-state index < -0.39 is 19.0 Å². The maximum atomic E-state index is 13.4. The van der Waals surface area contributed by atoms with Gasteiger partial charge in [-0.05, 0) is 6.07 Å². The molecule has 3 rings (SSSR count). The molecule has 4 nitrogen and oxygen atoms in total. The Hall–Kier alpha value is -0.890. The second-order valence-electron chi connectivity index (χ2n) is 4.80. The number of nitrogens with zero attached hydrogens (tertiary/aromatic N) is 1. The standard InChI is InChI=1S/C13H15F3N2O2.2ClH/c14-8-10(18-6-4-17-5-7-18)9-2-1-3-11-12(9)20-13(15,16)19-11;;/h1-3,10,17H,4-8H2;2*1H/t10-;;/m0../s1. The highest BCUT2D eigenvalue weighted by molar-refractivity contribution is 5.85. The van der Waals surface area contributed by atoms with E-state index in [1.807, 2.05) is 4.90 Å². The van der Waals surface area contributed by atoms with E-state index in [1.54, 1.807) is 12.1 Å². The van der Waals surface area contributed by atoms with Crippen molar-refractivity contribution in [2.45, 2.75) is 12.3 Å². The van der Waals surface area contributed by atoms with Crippen molar-refractivity contribution >= 4 is 24.8 Å². The number of rotatable bonds is 3. The summed E-state index contributed by atoms with van der Waals surface area (Å²) >= 11 is 0. The van der Waals surface area contributed by atoms with Gasteiger partial charge in [0, 0.05) is 31.7 Å². The number of alkyl halides is 3. The van der Waals surface area contributed by atoms with Crippen LogP contribution in [0.25, 0.3) is 0 Å². The Morgan fingerprint density at radius 1 is 1.18 bits per heavy atom. The number of benzene rings is 1. The lowest BCUT2D eigenvalue weighted by atomic mass is 10.0. The average molecular weight is 361 g/mol. The van der Waals surface area contributed by atoms with Gasteiger partial charge in [-0.2, -0.15) is 0 Å². The van der Waals surface area contributed by atoms with E-state index in [9.17, 15) is 13.2 Å². The third kappa shape index (κ3) is 3.71. The summed E-state index contributed by atoms with van der Waals surface area (Å²) in [6.07, 6.45) is -3.68. The summed E-state index contributed by atoms with van der Waals surface area (Å²) in [5.74, 6) is -0.0974. The molecule has 1 fully saturated rings. The Balaban J connectivity index is 0.00000121. The number of hydrogen-bond acceptors (Lipinski definition) is 4. The molecular formula is C13H17Cl2F3N2O2. The maximum Gasteiger partial charge on any atom is 0.586 e. The fourth-order valence-corrected chi connectivity index (χ4v) is 2.62. The minimum absolute atomic E-state index is 0. The van der Waals surface area contributed by atoms with Crippen molar-refractivity contribution in [3.63, 3.8) is 0 Å². The van der Waals surface area contributed by atoms with Crippen LogP contribution >= 0.6 is 24.8 Å². The molecule has 1 atom stereocenters. The zero-order valence-corrected chi connectivity index (χ0v) is 13.2. The summed E-state index contributed by atoms with van der Waals surface area (Å²) in [5.41, 5.74) is 0.407. The van der Waals surface area contributed by atoms with Gasteiger partial charge in [-0.15, -0.1) is 33.6 Å². The molecular weight excluding hydrogens is 344 g/mol. The third-order valence-corrected chi connectivity index (χ3v) is 3.56. The molecule has 0 aromatic heterocycles. The Bertz CT molecular complexity index is 502. The van der Waals surface area contributed by atoms with Crippen molar-refractivity contribution in [2.75, 3.05) is 32.9 Å². The van der Waals surface area contributed by atoms with Crippen LogP contribution in [-0.4, -0.2) is 44.0 Å². The maximum absolute atomic E-state index is 13.4. The predicted molar refractivity (Wildman–Crippen MR) is 80.3 cm³/mol. The number of hydrogen-bond donors (Lipinski definition) is 1. The predicted octanol–water partition coefficient (Wildman–Crippen LogP) is 2.77. The van der Waals surface area contributed by atoms with Crippen molar-refractivity contribution in [1.29, 1.82) is 0 Å². The van der Waals surface area contributed by atoms with Gasteiger partial charge in [0.05, 0.1) is 6.04 Å². The van der Waals surface area contributed by atoms with E-state index in [4.69, 9.17) is 0 Å². The first-order valence-electron chi connectivity index (χ1n) is 6.50. The van der Waals surface area contributed by atoms with Crippen LogP contribution in [0.4, 0.5) is 13.2 Å². The highest BCUT2D eigenvalue weighted by Crippen LogP contribution is 2.46. The molecule has 22 heavy (non-hydrogen) atoms. The number of para-hydroxylation sites is 1. The molecule has 0 amide bonds. The number of ether oxygens (including phenoxy) is 2. The zero-order valence-electron chi connectivity index (χ0n) is 11.6. The van der Waals surface area contributed by atoms with Gasteiger partial charge in [0.25, 0.3) is 0 Å². The van der Waals surface area contributed by atoms with Crippen LogP contribution < -0.4 is 14.8 Å². The average Bonchev–Trinajstić information content (AvgIpc) is 2.75. The van der Waals surface area contributed by atoms with E-state index in [2.05, 4.69) is 14.8 Å². The van der Waals surface area contributed by atoms with Crippen molar-refractivity contribution < 1.29 is 22.6 Å². The first kappa shape index (κ1) is 19.2. The Labute approximate surface area is 138 Å². The number of halogens is 5. The lowest BCUT2D eigenvalue weighted by molar-refractivity contribution is -0.287. The van der Waals surface area contributed by atoms with Crippen molar-refractivity contribution in [2.24, 2.45) is 0 Å². The van der Waals surface area contributed by atoms with E-state index in [-0.39, 0.29) is 36.3 Å². The highest BCUT2D eigenvalue weighted by Gasteiger charge is 2.45. The largest absolute Gasteiger partial charge is 0.586 e. The molecule has 0 radical (unpaired) electrons. The fraction of sp³-hybridized carbons (Fsp3) is 0.538. The molecule has 0 saturated carbocycles. The van der Waals surface area contributed by atoms with Crippen molar-refractivity contribution in [3.05, 3.63) is 23.8 Å². The van der Waals surface area contributed by atoms with Gasteiger partial charge in [-0.25, -0.2) is 4.39 Å². The molecule has 2 aliphatic rings. The highest BCUT2D eigenvalue weighted by atomic mass is 35.5. The molecule has 1 aromatic carbocycles.